The summed E-state index contributed by atoms with van der Waals surface area (Å²) < 4.78 is 5.10. The van der Waals surface area contributed by atoms with Crippen LogP contribution in [0.1, 0.15) is 20.3 Å². The van der Waals surface area contributed by atoms with Crippen LogP contribution in [0.25, 0.3) is 0 Å². The molecule has 1 atom stereocenters. The Morgan fingerprint density at radius 3 is 2.70 bits per heavy atom. The van der Waals surface area contributed by atoms with Crippen molar-refractivity contribution < 1.29 is 9.84 Å². The number of nitrogens with one attached hydrogen (secondary N) is 1. The van der Waals surface area contributed by atoms with Gasteiger partial charge in [-0.05, 0) is 20.3 Å². The maximum absolute atomic E-state index is 9.11. The molecule has 0 saturated carbocycles. The van der Waals surface area contributed by atoms with Crippen molar-refractivity contribution >= 4 is 0 Å². The molecule has 10 heavy (non-hydrogen) atoms. The molecule has 0 aromatic heterocycles. The fraction of sp³-hybridized carbons (Fsp3) is 1.00. The zero-order valence-electron chi connectivity index (χ0n) is 6.55. The third kappa shape index (κ3) is 3.82. The Hall–Kier alpha value is -0.120. The third-order valence-corrected chi connectivity index (χ3v) is 1.41. The summed E-state index contributed by atoms with van der Waals surface area (Å²) in [5.74, 6) is -0.963. The molecule has 0 aromatic carbocycles. The van der Waals surface area contributed by atoms with Crippen molar-refractivity contribution in [3.05, 3.63) is 0 Å². The molecule has 0 bridgehead atoms. The fourth-order valence-corrected chi connectivity index (χ4v) is 0.738. The van der Waals surface area contributed by atoms with Crippen molar-refractivity contribution in [2.24, 2.45) is 0 Å². The van der Waals surface area contributed by atoms with E-state index in [9.17, 15) is 0 Å². The fourth-order valence-electron chi connectivity index (χ4n) is 0.738. The molecule has 3 nitrogen and oxygen atoms in total. The first-order valence-electron chi connectivity index (χ1n) is 3.68. The Bertz CT molecular complexity index is 105. The van der Waals surface area contributed by atoms with Crippen LogP contribution >= 0.6 is 0 Å². The molecule has 2 N–H and O–H groups in total. The van der Waals surface area contributed by atoms with Gasteiger partial charge in [-0.2, -0.15) is 0 Å². The Labute approximate surface area is 61.4 Å². The lowest BCUT2D eigenvalue weighted by molar-refractivity contribution is -0.176. The van der Waals surface area contributed by atoms with Gasteiger partial charge in [0.05, 0.1) is 6.61 Å². The molecule has 1 aliphatic heterocycles. The highest BCUT2D eigenvalue weighted by atomic mass is 16.6. The minimum absolute atomic E-state index is 0.640. The number of hydrogen-bond donors (Lipinski definition) is 2. The second-order valence-corrected chi connectivity index (χ2v) is 3.19. The lowest BCUT2D eigenvalue weighted by Crippen LogP contribution is -2.24. The van der Waals surface area contributed by atoms with E-state index in [2.05, 4.69) is 5.32 Å². The second-order valence-electron chi connectivity index (χ2n) is 3.19. The average Bonchev–Trinajstić information content (AvgIpc) is 2.45. The first kappa shape index (κ1) is 7.98. The highest BCUT2D eigenvalue weighted by Crippen LogP contribution is 2.07. The summed E-state index contributed by atoms with van der Waals surface area (Å²) in [7, 11) is 0. The van der Waals surface area contributed by atoms with Crippen LogP contribution in [0.5, 0.6) is 0 Å². The first-order valence-corrected chi connectivity index (χ1v) is 3.68. The van der Waals surface area contributed by atoms with Gasteiger partial charge in [-0.1, -0.05) is 0 Å². The number of aliphatic hydroxyl groups is 1. The standard InChI is InChI=1S/C7H15NO2/c1-7(2,9)10-4-3-6-5-8-6/h6,8-9H,3-5H2,1-2H3/t6-/m0/s1. The zero-order valence-corrected chi connectivity index (χ0v) is 6.55. The van der Waals surface area contributed by atoms with E-state index in [1.54, 1.807) is 13.8 Å². The second kappa shape index (κ2) is 2.86. The molecule has 60 valence electrons. The molecule has 0 spiro atoms. The lowest BCUT2D eigenvalue weighted by atomic mass is 10.3. The van der Waals surface area contributed by atoms with E-state index in [1.165, 1.54) is 0 Å². The highest BCUT2D eigenvalue weighted by molar-refractivity contribution is 4.82. The van der Waals surface area contributed by atoms with Crippen LogP contribution in [-0.4, -0.2) is 30.1 Å². The minimum atomic E-state index is -0.963. The van der Waals surface area contributed by atoms with Crippen molar-refractivity contribution in [1.82, 2.24) is 5.32 Å². The number of ether oxygens (including phenoxy) is 1. The van der Waals surface area contributed by atoms with E-state index in [0.29, 0.717) is 12.6 Å². The van der Waals surface area contributed by atoms with Gasteiger partial charge in [0.1, 0.15) is 0 Å². The molecule has 0 aliphatic carbocycles. The van der Waals surface area contributed by atoms with Gasteiger partial charge in [-0.3, -0.25) is 0 Å². The SMILES string of the molecule is CC(C)(O)OCC[C@H]1CN1. The number of rotatable bonds is 4. The zero-order chi connectivity index (χ0) is 7.61. The summed E-state index contributed by atoms with van der Waals surface area (Å²) in [6.07, 6.45) is 1.00. The summed E-state index contributed by atoms with van der Waals surface area (Å²) in [5, 5.41) is 12.3. The van der Waals surface area contributed by atoms with Crippen LogP contribution in [0.2, 0.25) is 0 Å². The van der Waals surface area contributed by atoms with Gasteiger partial charge in [-0.15, -0.1) is 0 Å². The van der Waals surface area contributed by atoms with E-state index in [0.717, 1.165) is 13.0 Å². The van der Waals surface area contributed by atoms with Crippen molar-refractivity contribution in [1.29, 1.82) is 0 Å². The molecule has 1 fully saturated rings. The minimum Gasteiger partial charge on any atom is -0.366 e. The molecule has 0 aromatic rings. The lowest BCUT2D eigenvalue weighted by Gasteiger charge is -2.17. The van der Waals surface area contributed by atoms with E-state index in [-0.39, 0.29) is 0 Å². The first-order chi connectivity index (χ1) is 4.58. The van der Waals surface area contributed by atoms with Crippen LogP contribution in [0.3, 0.4) is 0 Å². The van der Waals surface area contributed by atoms with E-state index < -0.39 is 5.79 Å². The quantitative estimate of drug-likeness (QED) is 0.435. The predicted molar refractivity (Wildman–Crippen MR) is 38.7 cm³/mol. The van der Waals surface area contributed by atoms with E-state index in [4.69, 9.17) is 9.84 Å². The van der Waals surface area contributed by atoms with Crippen LogP contribution < -0.4 is 5.32 Å². The summed E-state index contributed by atoms with van der Waals surface area (Å²) in [5.41, 5.74) is 0. The van der Waals surface area contributed by atoms with Crippen molar-refractivity contribution in [2.75, 3.05) is 13.2 Å². The third-order valence-electron chi connectivity index (χ3n) is 1.41. The maximum atomic E-state index is 9.11. The molecular formula is C7H15NO2. The Balaban J connectivity index is 1.93. The maximum Gasteiger partial charge on any atom is 0.159 e. The van der Waals surface area contributed by atoms with Gasteiger partial charge in [0.15, 0.2) is 5.79 Å². The normalized spacial score (nSPS) is 24.9. The van der Waals surface area contributed by atoms with Crippen molar-refractivity contribution in [3.63, 3.8) is 0 Å². The highest BCUT2D eigenvalue weighted by Gasteiger charge is 2.20. The Morgan fingerprint density at radius 2 is 2.30 bits per heavy atom. The monoisotopic (exact) mass is 145 g/mol. The van der Waals surface area contributed by atoms with Crippen LogP contribution in [0.4, 0.5) is 0 Å². The molecular weight excluding hydrogens is 130 g/mol. The molecule has 1 heterocycles. The van der Waals surface area contributed by atoms with Crippen LogP contribution in [0, 0.1) is 0 Å². The largest absolute Gasteiger partial charge is 0.366 e. The van der Waals surface area contributed by atoms with Gasteiger partial charge < -0.3 is 15.2 Å². The summed E-state index contributed by atoms with van der Waals surface area (Å²) >= 11 is 0. The van der Waals surface area contributed by atoms with Crippen LogP contribution in [0.15, 0.2) is 0 Å². The van der Waals surface area contributed by atoms with Gasteiger partial charge >= 0.3 is 0 Å². The summed E-state index contributed by atoms with van der Waals surface area (Å²) in [6.45, 7) is 5.04. The van der Waals surface area contributed by atoms with Gasteiger partial charge in [-0.25, -0.2) is 0 Å². The van der Waals surface area contributed by atoms with E-state index >= 15 is 0 Å². The smallest absolute Gasteiger partial charge is 0.159 e. The molecule has 0 radical (unpaired) electrons. The molecule has 0 amide bonds. The van der Waals surface area contributed by atoms with Gasteiger partial charge in [0, 0.05) is 12.6 Å². The Morgan fingerprint density at radius 1 is 1.70 bits per heavy atom. The van der Waals surface area contributed by atoms with Crippen molar-refractivity contribution in [3.8, 4) is 0 Å². The molecule has 1 saturated heterocycles. The van der Waals surface area contributed by atoms with E-state index in [1.807, 2.05) is 0 Å². The summed E-state index contributed by atoms with van der Waals surface area (Å²) in [6, 6.07) is 0.641. The van der Waals surface area contributed by atoms with Gasteiger partial charge in [0.2, 0.25) is 0 Å². The molecule has 1 aliphatic rings. The molecule has 1 rings (SSSR count). The topological polar surface area (TPSA) is 51.4 Å². The summed E-state index contributed by atoms with van der Waals surface area (Å²) in [4.78, 5) is 0. The predicted octanol–water partition coefficient (Wildman–Crippen LogP) is 0.0933. The van der Waals surface area contributed by atoms with Gasteiger partial charge in [0.25, 0.3) is 0 Å². The number of hydrogen-bond acceptors (Lipinski definition) is 3. The Kier molecular flexibility index (Phi) is 2.28. The average molecular weight is 145 g/mol. The van der Waals surface area contributed by atoms with Crippen molar-refractivity contribution in [2.45, 2.75) is 32.1 Å². The molecule has 0 unspecified atom stereocenters. The van der Waals surface area contributed by atoms with Crippen LogP contribution in [-0.2, 0) is 4.74 Å². The molecule has 3 heteroatoms.